The second-order valence-electron chi connectivity index (χ2n) is 4.49. The zero-order chi connectivity index (χ0) is 14.4. The first-order chi connectivity index (χ1) is 9.54. The molecule has 0 spiro atoms. The average Bonchev–Trinajstić information content (AvgIpc) is 2.90. The number of hydrogen-bond donors (Lipinski definition) is 5. The van der Waals surface area contributed by atoms with Gasteiger partial charge < -0.3 is 30.8 Å². The van der Waals surface area contributed by atoms with E-state index >= 15 is 0 Å². The molecule has 10 heteroatoms. The number of nitrogens with two attached hydrogens (primary N) is 1. The highest BCUT2D eigenvalue weighted by molar-refractivity contribution is 5.81. The molecule has 2 aromatic heterocycles. The molecule has 0 aromatic carbocycles. The van der Waals surface area contributed by atoms with Crippen molar-refractivity contribution in [1.82, 2.24) is 19.5 Å². The number of anilines is 1. The lowest BCUT2D eigenvalue weighted by molar-refractivity contribution is -0.0524. The fourth-order valence-electron chi connectivity index (χ4n) is 2.28. The molecular weight excluding hydrogens is 270 g/mol. The van der Waals surface area contributed by atoms with Crippen molar-refractivity contribution in [3.63, 3.8) is 0 Å². The molecule has 6 N–H and O–H groups in total. The summed E-state index contributed by atoms with van der Waals surface area (Å²) in [6.45, 7) is -0.483. The summed E-state index contributed by atoms with van der Waals surface area (Å²) >= 11 is 0. The summed E-state index contributed by atoms with van der Waals surface area (Å²) < 4.78 is 6.34. The van der Waals surface area contributed by atoms with E-state index in [1.807, 2.05) is 0 Å². The molecule has 3 heterocycles. The van der Waals surface area contributed by atoms with Crippen molar-refractivity contribution in [3.05, 3.63) is 16.8 Å². The number of aromatic amines is 1. The highest BCUT2D eigenvalue weighted by Crippen LogP contribution is 2.30. The Kier molecular flexibility index (Phi) is 2.94. The molecule has 1 aliphatic heterocycles. The molecule has 0 saturated carbocycles. The van der Waals surface area contributed by atoms with E-state index in [0.717, 1.165) is 4.57 Å². The van der Waals surface area contributed by atoms with E-state index in [4.69, 9.17) is 15.6 Å². The van der Waals surface area contributed by atoms with Gasteiger partial charge in [-0.15, -0.1) is 0 Å². The number of nitrogens with zero attached hydrogens (tertiary/aromatic N) is 3. The van der Waals surface area contributed by atoms with Crippen LogP contribution in [0.3, 0.4) is 0 Å². The van der Waals surface area contributed by atoms with Crippen LogP contribution in [0.25, 0.3) is 11.2 Å². The number of hydrogen-bond acceptors (Lipinski definition) is 8. The Bertz CT molecular complexity index is 697. The molecule has 1 fully saturated rings. The number of nitrogens with one attached hydrogen (secondary N) is 1. The lowest BCUT2D eigenvalue weighted by Gasteiger charge is -2.15. The Labute approximate surface area is 111 Å². The van der Waals surface area contributed by atoms with E-state index in [-0.39, 0.29) is 17.0 Å². The van der Waals surface area contributed by atoms with Crippen molar-refractivity contribution in [2.24, 2.45) is 0 Å². The Morgan fingerprint density at radius 2 is 2.15 bits per heavy atom. The fraction of sp³-hybridized carbons (Fsp3) is 0.500. The molecule has 1 aliphatic rings. The van der Waals surface area contributed by atoms with Crippen molar-refractivity contribution >= 4 is 17.0 Å². The van der Waals surface area contributed by atoms with Crippen LogP contribution in [-0.4, -0.2) is 59.8 Å². The molecule has 4 atom stereocenters. The van der Waals surface area contributed by atoms with Crippen molar-refractivity contribution in [3.8, 4) is 0 Å². The van der Waals surface area contributed by atoms with E-state index < -0.39 is 36.8 Å². The molecule has 10 nitrogen and oxygen atoms in total. The molecule has 2 aromatic rings. The monoisotopic (exact) mass is 283 g/mol. The largest absolute Gasteiger partial charge is 0.394 e. The maximum Gasteiger partial charge on any atom is 0.330 e. The lowest BCUT2D eigenvalue weighted by Crippen LogP contribution is -2.34. The maximum absolute atomic E-state index is 12.0. The number of nitrogen functional groups attached to an aromatic ring is 1. The Morgan fingerprint density at radius 1 is 1.40 bits per heavy atom. The van der Waals surface area contributed by atoms with Crippen LogP contribution in [0.5, 0.6) is 0 Å². The summed E-state index contributed by atoms with van der Waals surface area (Å²) in [6.07, 6.45) is -3.66. The van der Waals surface area contributed by atoms with Gasteiger partial charge in [-0.2, -0.15) is 0 Å². The second kappa shape index (κ2) is 4.52. The Hall–Kier alpha value is -2.01. The SMILES string of the molecule is Nc1ncnc2c1[nH]c(=O)n2[C@@H]1O[C@H](CO)[C@@H](O)[C@@H]1O. The van der Waals surface area contributed by atoms with Gasteiger partial charge in [0.05, 0.1) is 6.61 Å². The third-order valence-electron chi connectivity index (χ3n) is 3.31. The van der Waals surface area contributed by atoms with E-state index in [1.165, 1.54) is 6.33 Å². The number of rotatable bonds is 2. The average molecular weight is 283 g/mol. The first-order valence-corrected chi connectivity index (χ1v) is 5.87. The highest BCUT2D eigenvalue weighted by atomic mass is 16.6. The maximum atomic E-state index is 12.0. The van der Waals surface area contributed by atoms with Crippen LogP contribution < -0.4 is 11.4 Å². The molecule has 0 unspecified atom stereocenters. The number of aliphatic hydroxyl groups excluding tert-OH is 3. The summed E-state index contributed by atoms with van der Waals surface area (Å²) in [7, 11) is 0. The van der Waals surface area contributed by atoms with Crippen molar-refractivity contribution in [2.45, 2.75) is 24.5 Å². The normalized spacial score (nSPS) is 30.1. The summed E-state index contributed by atoms with van der Waals surface area (Å²) in [5.41, 5.74) is 5.38. The number of imidazole rings is 1. The van der Waals surface area contributed by atoms with Gasteiger partial charge in [0.25, 0.3) is 0 Å². The molecular formula is C10H13N5O5. The van der Waals surface area contributed by atoms with Crippen molar-refractivity contribution in [2.75, 3.05) is 12.3 Å². The number of ether oxygens (including phenoxy) is 1. The van der Waals surface area contributed by atoms with E-state index in [2.05, 4.69) is 15.0 Å². The third-order valence-corrected chi connectivity index (χ3v) is 3.31. The predicted octanol–water partition coefficient (Wildman–Crippen LogP) is -2.69. The van der Waals surface area contributed by atoms with Crippen LogP contribution in [0.2, 0.25) is 0 Å². The number of fused-ring (bicyclic) bond motifs is 1. The predicted molar refractivity (Wildman–Crippen MR) is 65.6 cm³/mol. The van der Waals surface area contributed by atoms with Crippen LogP contribution >= 0.6 is 0 Å². The van der Waals surface area contributed by atoms with Gasteiger partial charge in [0.2, 0.25) is 0 Å². The quantitative estimate of drug-likeness (QED) is 0.398. The molecule has 20 heavy (non-hydrogen) atoms. The van der Waals surface area contributed by atoms with Gasteiger partial charge in [0.15, 0.2) is 17.7 Å². The fourth-order valence-corrected chi connectivity index (χ4v) is 2.28. The summed E-state index contributed by atoms with van der Waals surface area (Å²) in [6, 6.07) is 0. The molecule has 0 bridgehead atoms. The van der Waals surface area contributed by atoms with Gasteiger partial charge in [0.1, 0.15) is 30.2 Å². The molecule has 1 saturated heterocycles. The first kappa shape index (κ1) is 13.0. The van der Waals surface area contributed by atoms with Gasteiger partial charge in [-0.1, -0.05) is 0 Å². The molecule has 108 valence electrons. The van der Waals surface area contributed by atoms with Crippen LogP contribution in [0.15, 0.2) is 11.1 Å². The number of aliphatic hydroxyl groups is 3. The Balaban J connectivity index is 2.14. The van der Waals surface area contributed by atoms with Crippen LogP contribution in [-0.2, 0) is 4.74 Å². The minimum Gasteiger partial charge on any atom is -0.394 e. The molecule has 0 aliphatic carbocycles. The van der Waals surface area contributed by atoms with Crippen LogP contribution in [0, 0.1) is 0 Å². The lowest BCUT2D eigenvalue weighted by atomic mass is 10.1. The summed E-state index contributed by atoms with van der Waals surface area (Å²) in [4.78, 5) is 22.1. The second-order valence-corrected chi connectivity index (χ2v) is 4.49. The van der Waals surface area contributed by atoms with Gasteiger partial charge in [0, 0.05) is 0 Å². The first-order valence-electron chi connectivity index (χ1n) is 5.87. The Morgan fingerprint density at radius 3 is 2.80 bits per heavy atom. The molecule has 3 rings (SSSR count). The molecule has 0 radical (unpaired) electrons. The van der Waals surface area contributed by atoms with E-state index in [9.17, 15) is 15.0 Å². The summed E-state index contributed by atoms with van der Waals surface area (Å²) in [5, 5.41) is 28.7. The van der Waals surface area contributed by atoms with E-state index in [1.54, 1.807) is 0 Å². The van der Waals surface area contributed by atoms with E-state index in [0.29, 0.717) is 0 Å². The van der Waals surface area contributed by atoms with Crippen LogP contribution in [0.1, 0.15) is 6.23 Å². The third kappa shape index (κ3) is 1.70. The zero-order valence-electron chi connectivity index (χ0n) is 10.2. The number of aromatic nitrogens is 4. The topological polar surface area (TPSA) is 160 Å². The smallest absolute Gasteiger partial charge is 0.330 e. The van der Waals surface area contributed by atoms with Crippen molar-refractivity contribution < 1.29 is 20.1 Å². The molecule has 0 amide bonds. The summed E-state index contributed by atoms with van der Waals surface area (Å²) in [5.74, 6) is 0.0811. The van der Waals surface area contributed by atoms with Gasteiger partial charge >= 0.3 is 5.69 Å². The van der Waals surface area contributed by atoms with Crippen LogP contribution in [0.4, 0.5) is 5.82 Å². The minimum absolute atomic E-state index is 0.0811. The van der Waals surface area contributed by atoms with Crippen molar-refractivity contribution in [1.29, 1.82) is 0 Å². The standard InChI is InChI=1S/C10H13N5O5/c11-7-4-8(13-2-12-7)15(10(19)14-4)9-6(18)5(17)3(1-16)20-9/h2-3,5-6,9,16-18H,1H2,(H,14,19)(H2,11,12,13)/t3-,5-,6+,9-/m1/s1. The number of H-pyrrole nitrogens is 1. The van der Waals surface area contributed by atoms with Gasteiger partial charge in [-0.05, 0) is 0 Å². The van der Waals surface area contributed by atoms with Gasteiger partial charge in [-0.25, -0.2) is 19.3 Å². The van der Waals surface area contributed by atoms with Gasteiger partial charge in [-0.3, -0.25) is 0 Å². The zero-order valence-corrected chi connectivity index (χ0v) is 10.2. The minimum atomic E-state index is -1.37. The highest BCUT2D eigenvalue weighted by Gasteiger charge is 2.44.